The molecule has 1 amide bonds. The summed E-state index contributed by atoms with van der Waals surface area (Å²) >= 11 is 5.94. The largest absolute Gasteiger partial charge is 0.374 e. The lowest BCUT2D eigenvalue weighted by Crippen LogP contribution is -2.68. The highest BCUT2D eigenvalue weighted by Crippen LogP contribution is 2.45. The number of hydrogen-bond donors (Lipinski definition) is 0. The first-order valence-corrected chi connectivity index (χ1v) is 13.1. The number of carbonyl (C=O) groups excluding carboxylic acids is 1. The van der Waals surface area contributed by atoms with Crippen LogP contribution in [0.1, 0.15) is 44.9 Å². The van der Waals surface area contributed by atoms with Crippen molar-refractivity contribution in [3.8, 4) is 0 Å². The Morgan fingerprint density at radius 3 is 2.64 bits per heavy atom. The second-order valence-electron chi connectivity index (χ2n) is 10.6. The average Bonchev–Trinajstić information content (AvgIpc) is 2.83. The fourth-order valence-corrected chi connectivity index (χ4v) is 7.43. The molecule has 1 aromatic carbocycles. The molecule has 0 radical (unpaired) electrons. The Morgan fingerprint density at radius 2 is 1.88 bits per heavy atom. The molecule has 0 saturated carbocycles. The van der Waals surface area contributed by atoms with Crippen LogP contribution in [0.25, 0.3) is 0 Å². The number of hydrogen-bond acceptors (Lipinski definition) is 4. The summed E-state index contributed by atoms with van der Waals surface area (Å²) < 4.78 is 13.2. The Balaban J connectivity index is 1.22. The summed E-state index contributed by atoms with van der Waals surface area (Å²) in [5, 5.41) is 0. The number of piperidine rings is 4. The molecule has 7 heteroatoms. The number of thiocarbonyl (C=S) groups is 1. The van der Waals surface area contributed by atoms with Gasteiger partial charge in [0.1, 0.15) is 5.82 Å². The Kier molecular flexibility index (Phi) is 6.62. The van der Waals surface area contributed by atoms with Crippen LogP contribution in [0.3, 0.4) is 0 Å². The molecule has 5 nitrogen and oxygen atoms in total. The van der Waals surface area contributed by atoms with Crippen molar-refractivity contribution in [2.24, 2.45) is 11.8 Å². The molecule has 0 spiro atoms. The van der Waals surface area contributed by atoms with Crippen LogP contribution in [0, 0.1) is 17.7 Å². The number of fused-ring (bicyclic) bond motifs is 2. The van der Waals surface area contributed by atoms with Crippen molar-refractivity contribution < 1.29 is 9.18 Å². The molecule has 4 heterocycles. The number of carbonyl (C=O) groups is 1. The second-order valence-corrected chi connectivity index (χ2v) is 11.1. The topological polar surface area (TPSA) is 30.0 Å². The van der Waals surface area contributed by atoms with E-state index in [4.69, 9.17) is 12.2 Å². The zero-order valence-corrected chi connectivity index (χ0v) is 20.8. The highest BCUT2D eigenvalue weighted by atomic mass is 32.1. The van der Waals surface area contributed by atoms with Gasteiger partial charge in [0.2, 0.25) is 5.91 Å². The highest BCUT2D eigenvalue weighted by molar-refractivity contribution is 7.80. The van der Waals surface area contributed by atoms with Crippen molar-refractivity contribution in [2.75, 3.05) is 45.2 Å². The molecule has 0 N–H and O–H groups in total. The third-order valence-corrected chi connectivity index (χ3v) is 9.19. The fraction of sp³-hybridized carbons (Fsp3) is 0.692. The smallest absolute Gasteiger partial charge is 0.224 e. The van der Waals surface area contributed by atoms with Gasteiger partial charge in [-0.15, -0.1) is 0 Å². The molecular weight excluding hydrogens is 435 g/mol. The maximum absolute atomic E-state index is 13.2. The number of amides is 1. The van der Waals surface area contributed by atoms with Crippen LogP contribution >= 0.6 is 12.2 Å². The van der Waals surface area contributed by atoms with Gasteiger partial charge in [0.15, 0.2) is 0 Å². The van der Waals surface area contributed by atoms with Crippen LogP contribution in [0.4, 0.5) is 10.1 Å². The van der Waals surface area contributed by atoms with E-state index >= 15 is 0 Å². The van der Waals surface area contributed by atoms with E-state index in [1.165, 1.54) is 50.9 Å². The molecule has 0 bridgehead atoms. The molecule has 5 atom stereocenters. The quantitative estimate of drug-likeness (QED) is 0.609. The molecule has 1 aromatic rings. The summed E-state index contributed by atoms with van der Waals surface area (Å²) in [7, 11) is 3.91. The van der Waals surface area contributed by atoms with E-state index in [1.54, 1.807) is 12.1 Å². The summed E-state index contributed by atoms with van der Waals surface area (Å²) in [6.45, 7) is 4.26. The zero-order chi connectivity index (χ0) is 23.1. The van der Waals surface area contributed by atoms with Gasteiger partial charge in [0.05, 0.1) is 4.99 Å². The van der Waals surface area contributed by atoms with Gasteiger partial charge in [0, 0.05) is 63.8 Å². The number of anilines is 1. The molecule has 33 heavy (non-hydrogen) atoms. The van der Waals surface area contributed by atoms with Crippen LogP contribution in [0.15, 0.2) is 24.3 Å². The summed E-state index contributed by atoms with van der Waals surface area (Å²) in [5.41, 5.74) is 0.924. The van der Waals surface area contributed by atoms with Gasteiger partial charge in [-0.2, -0.15) is 0 Å². The van der Waals surface area contributed by atoms with E-state index in [9.17, 15) is 9.18 Å². The van der Waals surface area contributed by atoms with Crippen LogP contribution < -0.4 is 4.90 Å². The number of halogens is 1. The highest BCUT2D eigenvalue weighted by Gasteiger charge is 2.51. The first-order valence-electron chi connectivity index (χ1n) is 12.7. The van der Waals surface area contributed by atoms with Gasteiger partial charge < -0.3 is 14.7 Å². The molecule has 180 valence electrons. The minimum Gasteiger partial charge on any atom is -0.374 e. The molecule has 0 aliphatic carbocycles. The number of benzene rings is 1. The lowest BCUT2D eigenvalue weighted by atomic mass is 9.67. The fourth-order valence-electron chi connectivity index (χ4n) is 7.03. The third kappa shape index (κ3) is 4.51. The maximum Gasteiger partial charge on any atom is 0.224 e. The normalized spacial score (nSPS) is 31.5. The predicted octanol–water partition coefficient (Wildman–Crippen LogP) is 3.78. The standard InChI is InChI=1S/C26H37FN4OS/c1-28(20-9-7-19(27)8-10-20)14-11-24(32)29(2)21-15-23-22-6-4-13-30-12-3-5-18(26(22)30)17-31(23)25(33)16-21/h7-10,18,21-23,26H,3-6,11-17H2,1-2H3/t18-,21?,22+,23+,26-/m0/s1. The van der Waals surface area contributed by atoms with E-state index in [1.807, 2.05) is 23.9 Å². The minimum atomic E-state index is -0.242. The van der Waals surface area contributed by atoms with E-state index < -0.39 is 0 Å². The Hall–Kier alpha value is -1.73. The zero-order valence-electron chi connectivity index (χ0n) is 20.0. The van der Waals surface area contributed by atoms with E-state index in [0.29, 0.717) is 24.9 Å². The van der Waals surface area contributed by atoms with Crippen molar-refractivity contribution >= 4 is 28.8 Å². The first-order chi connectivity index (χ1) is 15.9. The lowest BCUT2D eigenvalue weighted by molar-refractivity contribution is -0.133. The lowest BCUT2D eigenvalue weighted by Gasteiger charge is -2.60. The number of rotatable bonds is 5. The second kappa shape index (κ2) is 9.49. The van der Waals surface area contributed by atoms with E-state index in [0.717, 1.165) is 42.0 Å². The van der Waals surface area contributed by atoms with E-state index in [-0.39, 0.29) is 17.8 Å². The average molecular weight is 473 g/mol. The SMILES string of the molecule is CN(CCC(=O)N(C)C1CC(=S)N2C[C@@H]3CCCN4CCC[C@@H]([C@H]34)[C@H]2C1)c1ccc(F)cc1. The summed E-state index contributed by atoms with van der Waals surface area (Å²) in [6.07, 6.45) is 7.56. The molecule has 4 fully saturated rings. The molecule has 4 saturated heterocycles. The van der Waals surface area contributed by atoms with E-state index in [2.05, 4.69) is 9.80 Å². The van der Waals surface area contributed by atoms with Crippen molar-refractivity contribution in [2.45, 2.75) is 63.1 Å². The Labute approximate surface area is 202 Å². The monoisotopic (exact) mass is 472 g/mol. The predicted molar refractivity (Wildman–Crippen MR) is 134 cm³/mol. The van der Waals surface area contributed by atoms with Crippen molar-refractivity contribution in [3.05, 3.63) is 30.1 Å². The van der Waals surface area contributed by atoms with Gasteiger partial charge in [-0.1, -0.05) is 12.2 Å². The summed E-state index contributed by atoms with van der Waals surface area (Å²) in [6, 6.07) is 7.83. The van der Waals surface area contributed by atoms with Gasteiger partial charge in [-0.05, 0) is 81.3 Å². The van der Waals surface area contributed by atoms with Crippen molar-refractivity contribution in [1.29, 1.82) is 0 Å². The molecule has 4 aliphatic rings. The van der Waals surface area contributed by atoms with Crippen LogP contribution in [0.2, 0.25) is 0 Å². The number of nitrogens with zero attached hydrogens (tertiary/aromatic N) is 4. The van der Waals surface area contributed by atoms with Crippen molar-refractivity contribution in [1.82, 2.24) is 14.7 Å². The molecule has 4 aliphatic heterocycles. The Morgan fingerprint density at radius 1 is 1.15 bits per heavy atom. The summed E-state index contributed by atoms with van der Waals surface area (Å²) in [5.74, 6) is 1.37. The van der Waals surface area contributed by atoms with Gasteiger partial charge in [0.25, 0.3) is 0 Å². The molecule has 5 rings (SSSR count). The summed E-state index contributed by atoms with van der Waals surface area (Å²) in [4.78, 5) is 23.5. The minimum absolute atomic E-state index is 0.168. The van der Waals surface area contributed by atoms with Gasteiger partial charge >= 0.3 is 0 Å². The van der Waals surface area contributed by atoms with Crippen LogP contribution in [-0.2, 0) is 4.79 Å². The third-order valence-electron chi connectivity index (χ3n) is 8.79. The molecular formula is C26H37FN4OS. The van der Waals surface area contributed by atoms with Crippen LogP contribution in [-0.4, -0.2) is 84.0 Å². The van der Waals surface area contributed by atoms with Gasteiger partial charge in [-0.25, -0.2) is 4.39 Å². The van der Waals surface area contributed by atoms with Gasteiger partial charge in [-0.3, -0.25) is 9.69 Å². The molecule has 1 unspecified atom stereocenters. The Bertz CT molecular complexity index is 878. The molecule has 0 aromatic heterocycles. The van der Waals surface area contributed by atoms with Crippen LogP contribution in [0.5, 0.6) is 0 Å². The van der Waals surface area contributed by atoms with Crippen molar-refractivity contribution in [3.63, 3.8) is 0 Å². The first kappa shape index (κ1) is 23.0. The maximum atomic E-state index is 13.2.